The molecule has 0 aromatic rings. The Hall–Kier alpha value is 0. The molecule has 12 heavy (non-hydrogen) atoms. The van der Waals surface area contributed by atoms with Gasteiger partial charge in [0.25, 0.3) is 0 Å². The lowest BCUT2D eigenvalue weighted by atomic mass is 9.44. The average Bonchev–Trinajstić information content (AvgIpc) is 2.22. The van der Waals surface area contributed by atoms with Gasteiger partial charge >= 0.3 is 0 Å². The zero-order valence-electron chi connectivity index (χ0n) is 7.45. The summed E-state index contributed by atoms with van der Waals surface area (Å²) in [5.41, 5.74) is 0. The maximum absolute atomic E-state index is 1.64. The summed E-state index contributed by atoms with van der Waals surface area (Å²) in [6, 6.07) is 0. The molecule has 5 saturated carbocycles. The van der Waals surface area contributed by atoms with Gasteiger partial charge in [0.2, 0.25) is 0 Å². The van der Waals surface area contributed by atoms with E-state index in [4.69, 9.17) is 0 Å². The van der Waals surface area contributed by atoms with Gasteiger partial charge in [0.1, 0.15) is 0 Å². The van der Waals surface area contributed by atoms with Gasteiger partial charge in [-0.05, 0) is 73.0 Å². The summed E-state index contributed by atoms with van der Waals surface area (Å²) in [6.07, 6.45) is 6.52. The van der Waals surface area contributed by atoms with Gasteiger partial charge in [0.15, 0.2) is 0 Å². The second-order valence-electron chi connectivity index (χ2n) is 6.12. The molecule has 5 rings (SSSR count). The smallest absolute Gasteiger partial charge is 0.0313 e. The van der Waals surface area contributed by atoms with E-state index in [2.05, 4.69) is 0 Å². The van der Waals surface area contributed by atoms with Crippen molar-refractivity contribution in [1.82, 2.24) is 0 Å². The van der Waals surface area contributed by atoms with E-state index in [1.807, 2.05) is 0 Å². The van der Waals surface area contributed by atoms with Crippen molar-refractivity contribution in [3.05, 3.63) is 0 Å². The van der Waals surface area contributed by atoms with Crippen molar-refractivity contribution in [3.8, 4) is 0 Å². The van der Waals surface area contributed by atoms with E-state index in [1.165, 1.54) is 47.3 Å². The minimum absolute atomic E-state index is 1.26. The Labute approximate surface area is 73.7 Å². The van der Waals surface area contributed by atoms with Gasteiger partial charge in [-0.25, -0.2) is 0 Å². The SMILES string of the molecule is C1CC2C1C1C3CCC4C2C1C34. The molecule has 0 radical (unpaired) electrons. The first-order chi connectivity index (χ1) is 5.97. The van der Waals surface area contributed by atoms with Crippen LogP contribution in [0.25, 0.3) is 0 Å². The Morgan fingerprint density at radius 2 is 0.833 bits per heavy atom. The van der Waals surface area contributed by atoms with Crippen molar-refractivity contribution in [2.24, 2.45) is 47.3 Å². The van der Waals surface area contributed by atoms with Crippen LogP contribution in [0, 0.1) is 47.3 Å². The first-order valence-electron chi connectivity index (χ1n) is 5.97. The number of hydrogen-bond acceptors (Lipinski definition) is 0. The average molecular weight is 160 g/mol. The molecule has 64 valence electrons. The molecular formula is C12H16. The summed E-state index contributed by atoms with van der Waals surface area (Å²) >= 11 is 0. The van der Waals surface area contributed by atoms with Crippen LogP contribution in [-0.4, -0.2) is 0 Å². The molecule has 0 bridgehead atoms. The molecule has 0 N–H and O–H groups in total. The monoisotopic (exact) mass is 160 g/mol. The molecule has 6 unspecified atom stereocenters. The largest absolute Gasteiger partial charge is 0.0496 e. The van der Waals surface area contributed by atoms with Crippen molar-refractivity contribution in [2.45, 2.75) is 25.7 Å². The summed E-state index contributed by atoms with van der Waals surface area (Å²) in [7, 11) is 0. The molecule has 0 aliphatic heterocycles. The summed E-state index contributed by atoms with van der Waals surface area (Å²) in [5.74, 6) is 10.1. The summed E-state index contributed by atoms with van der Waals surface area (Å²) in [6.45, 7) is 0. The third-order valence-corrected chi connectivity index (χ3v) is 6.52. The van der Waals surface area contributed by atoms with Gasteiger partial charge in [-0.2, -0.15) is 0 Å². The van der Waals surface area contributed by atoms with Crippen LogP contribution in [0.1, 0.15) is 25.7 Å². The number of rotatable bonds is 0. The van der Waals surface area contributed by atoms with E-state index in [1.54, 1.807) is 25.7 Å². The molecule has 0 aromatic carbocycles. The first-order valence-corrected chi connectivity index (χ1v) is 5.97. The second-order valence-corrected chi connectivity index (χ2v) is 6.12. The predicted molar refractivity (Wildman–Crippen MR) is 46.4 cm³/mol. The minimum Gasteiger partial charge on any atom is -0.0496 e. The molecule has 0 nitrogen and oxygen atoms in total. The van der Waals surface area contributed by atoms with E-state index in [0.717, 1.165) is 0 Å². The van der Waals surface area contributed by atoms with Gasteiger partial charge in [-0.1, -0.05) is 0 Å². The maximum atomic E-state index is 1.64. The summed E-state index contributed by atoms with van der Waals surface area (Å²) in [4.78, 5) is 0. The highest BCUT2D eigenvalue weighted by molar-refractivity contribution is 5.25. The zero-order chi connectivity index (χ0) is 7.45. The van der Waals surface area contributed by atoms with Crippen LogP contribution in [0.4, 0.5) is 0 Å². The molecule has 0 heterocycles. The molecule has 0 amide bonds. The van der Waals surface area contributed by atoms with E-state index < -0.39 is 0 Å². The molecule has 0 spiro atoms. The topological polar surface area (TPSA) is 0 Å². The van der Waals surface area contributed by atoms with Gasteiger partial charge < -0.3 is 0 Å². The number of hydrogen-bond donors (Lipinski definition) is 0. The molecule has 6 atom stereocenters. The highest BCUT2D eigenvalue weighted by atomic mass is 14.8. The van der Waals surface area contributed by atoms with Crippen LogP contribution in [0.2, 0.25) is 0 Å². The molecule has 0 aromatic heterocycles. The molecule has 5 fully saturated rings. The third kappa shape index (κ3) is 0.324. The Morgan fingerprint density at radius 1 is 0.417 bits per heavy atom. The molecule has 5 aliphatic carbocycles. The first kappa shape index (κ1) is 5.67. The highest BCUT2D eigenvalue weighted by Crippen LogP contribution is 2.82. The second kappa shape index (κ2) is 1.40. The Balaban J connectivity index is 1.70. The van der Waals surface area contributed by atoms with Crippen LogP contribution in [0.3, 0.4) is 0 Å². The zero-order valence-corrected chi connectivity index (χ0v) is 7.45. The Morgan fingerprint density at radius 3 is 1.33 bits per heavy atom. The van der Waals surface area contributed by atoms with E-state index >= 15 is 0 Å². The summed E-state index contributed by atoms with van der Waals surface area (Å²) < 4.78 is 0. The maximum Gasteiger partial charge on any atom is -0.0313 e. The Kier molecular flexibility index (Phi) is 0.663. The van der Waals surface area contributed by atoms with Crippen molar-refractivity contribution >= 4 is 0 Å². The van der Waals surface area contributed by atoms with Gasteiger partial charge in [0.05, 0.1) is 0 Å². The van der Waals surface area contributed by atoms with E-state index in [-0.39, 0.29) is 0 Å². The molecular weight excluding hydrogens is 144 g/mol. The van der Waals surface area contributed by atoms with Crippen molar-refractivity contribution < 1.29 is 0 Å². The molecule has 0 heteroatoms. The van der Waals surface area contributed by atoms with Crippen molar-refractivity contribution in [3.63, 3.8) is 0 Å². The van der Waals surface area contributed by atoms with Gasteiger partial charge in [0, 0.05) is 0 Å². The molecule has 5 aliphatic rings. The minimum atomic E-state index is 1.26. The quantitative estimate of drug-likeness (QED) is 0.511. The lowest BCUT2D eigenvalue weighted by Crippen LogP contribution is -2.56. The van der Waals surface area contributed by atoms with E-state index in [0.29, 0.717) is 0 Å². The number of fused-ring (bicyclic) bond motifs is 5. The highest BCUT2D eigenvalue weighted by Gasteiger charge is 2.77. The van der Waals surface area contributed by atoms with Crippen molar-refractivity contribution in [1.29, 1.82) is 0 Å². The van der Waals surface area contributed by atoms with Crippen LogP contribution in [0.5, 0.6) is 0 Å². The lowest BCUT2D eigenvalue weighted by molar-refractivity contribution is -0.132. The van der Waals surface area contributed by atoms with Crippen molar-refractivity contribution in [2.75, 3.05) is 0 Å². The van der Waals surface area contributed by atoms with Gasteiger partial charge in [-0.3, -0.25) is 0 Å². The van der Waals surface area contributed by atoms with Crippen LogP contribution in [0.15, 0.2) is 0 Å². The fourth-order valence-electron chi connectivity index (χ4n) is 6.32. The normalized spacial score (nSPS) is 80.0. The van der Waals surface area contributed by atoms with Crippen LogP contribution < -0.4 is 0 Å². The fourth-order valence-corrected chi connectivity index (χ4v) is 6.32. The third-order valence-electron chi connectivity index (χ3n) is 6.52. The van der Waals surface area contributed by atoms with Crippen LogP contribution >= 0.6 is 0 Å². The standard InChI is InChI=1S/C12H16/c1-2-6-5(1)9-7-3-4-8-10(6)12(9)11(7)8/h5-12H,1-4H2. The lowest BCUT2D eigenvalue weighted by Gasteiger charge is -2.60. The van der Waals surface area contributed by atoms with Crippen LogP contribution in [-0.2, 0) is 0 Å². The molecule has 0 saturated heterocycles. The fraction of sp³-hybridized carbons (Fsp3) is 1.00. The predicted octanol–water partition coefficient (Wildman–Crippen LogP) is 2.54. The van der Waals surface area contributed by atoms with E-state index in [9.17, 15) is 0 Å². The summed E-state index contributed by atoms with van der Waals surface area (Å²) in [5, 5.41) is 0. The Bertz CT molecular complexity index is 239. The van der Waals surface area contributed by atoms with Gasteiger partial charge in [-0.15, -0.1) is 0 Å².